The van der Waals surface area contributed by atoms with Crippen LogP contribution in [0.5, 0.6) is 5.75 Å². The molecule has 0 radical (unpaired) electrons. The zero-order valence-corrected chi connectivity index (χ0v) is 11.6. The summed E-state index contributed by atoms with van der Waals surface area (Å²) in [6.07, 6.45) is 1.83. The molecule has 0 aliphatic carbocycles. The summed E-state index contributed by atoms with van der Waals surface area (Å²) in [6, 6.07) is 11.6. The zero-order valence-electron chi connectivity index (χ0n) is 11.6. The maximum absolute atomic E-state index is 13.8. The van der Waals surface area contributed by atoms with Crippen LogP contribution >= 0.6 is 0 Å². The lowest BCUT2D eigenvalue weighted by atomic mass is 9.92. The Morgan fingerprint density at radius 1 is 1.25 bits per heavy atom. The predicted molar refractivity (Wildman–Crippen MR) is 77.6 cm³/mol. The van der Waals surface area contributed by atoms with E-state index in [0.717, 1.165) is 31.5 Å². The van der Waals surface area contributed by atoms with Gasteiger partial charge < -0.3 is 10.1 Å². The van der Waals surface area contributed by atoms with Crippen molar-refractivity contribution in [1.82, 2.24) is 5.32 Å². The topological polar surface area (TPSA) is 21.3 Å². The van der Waals surface area contributed by atoms with Gasteiger partial charge in [-0.3, -0.25) is 0 Å². The van der Waals surface area contributed by atoms with Crippen molar-refractivity contribution in [1.29, 1.82) is 0 Å². The first-order valence-corrected chi connectivity index (χ1v) is 6.90. The molecule has 3 rings (SSSR count). The summed E-state index contributed by atoms with van der Waals surface area (Å²) in [5.41, 5.74) is 5.03. The van der Waals surface area contributed by atoms with Gasteiger partial charge in [0.05, 0.1) is 7.11 Å². The first kappa shape index (κ1) is 13.1. The van der Waals surface area contributed by atoms with E-state index in [2.05, 4.69) is 23.5 Å². The summed E-state index contributed by atoms with van der Waals surface area (Å²) in [4.78, 5) is 0. The molecule has 104 valence electrons. The van der Waals surface area contributed by atoms with Gasteiger partial charge in [-0.25, -0.2) is 4.39 Å². The van der Waals surface area contributed by atoms with Gasteiger partial charge in [0.1, 0.15) is 0 Å². The van der Waals surface area contributed by atoms with Crippen LogP contribution < -0.4 is 10.1 Å². The number of fused-ring (bicyclic) bond motifs is 1. The van der Waals surface area contributed by atoms with Crippen molar-refractivity contribution in [2.75, 3.05) is 13.7 Å². The summed E-state index contributed by atoms with van der Waals surface area (Å²) in [7, 11) is 1.48. The van der Waals surface area contributed by atoms with Crippen LogP contribution in [0.4, 0.5) is 4.39 Å². The van der Waals surface area contributed by atoms with E-state index in [1.165, 1.54) is 23.8 Å². The van der Waals surface area contributed by atoms with E-state index in [1.807, 2.05) is 6.07 Å². The first-order valence-electron chi connectivity index (χ1n) is 6.90. The summed E-state index contributed by atoms with van der Waals surface area (Å²) >= 11 is 0. The normalized spacial score (nSPS) is 13.9. The minimum absolute atomic E-state index is 0.297. The van der Waals surface area contributed by atoms with Gasteiger partial charge in [-0.05, 0) is 53.8 Å². The average molecular weight is 271 g/mol. The molecular weight excluding hydrogens is 253 g/mol. The van der Waals surface area contributed by atoms with Crippen molar-refractivity contribution in [2.24, 2.45) is 0 Å². The van der Waals surface area contributed by atoms with Crippen LogP contribution in [0.25, 0.3) is 0 Å². The highest BCUT2D eigenvalue weighted by Crippen LogP contribution is 2.23. The van der Waals surface area contributed by atoms with Crippen LogP contribution in [0.15, 0.2) is 36.4 Å². The SMILES string of the molecule is COc1ccc(Cc2cccc3c2CNCC3)cc1F. The van der Waals surface area contributed by atoms with Gasteiger partial charge in [-0.1, -0.05) is 24.3 Å². The fourth-order valence-electron chi connectivity index (χ4n) is 2.79. The Labute approximate surface area is 118 Å². The van der Waals surface area contributed by atoms with Gasteiger partial charge >= 0.3 is 0 Å². The van der Waals surface area contributed by atoms with Crippen molar-refractivity contribution < 1.29 is 9.13 Å². The fourth-order valence-corrected chi connectivity index (χ4v) is 2.79. The average Bonchev–Trinajstić information content (AvgIpc) is 2.48. The lowest BCUT2D eigenvalue weighted by Crippen LogP contribution is -2.24. The number of halogens is 1. The summed E-state index contributed by atoms with van der Waals surface area (Å²) in [5, 5.41) is 3.40. The van der Waals surface area contributed by atoms with Crippen molar-refractivity contribution in [3.63, 3.8) is 0 Å². The van der Waals surface area contributed by atoms with E-state index in [4.69, 9.17) is 4.74 Å². The van der Waals surface area contributed by atoms with Gasteiger partial charge in [-0.15, -0.1) is 0 Å². The van der Waals surface area contributed by atoms with Crippen LogP contribution in [-0.2, 0) is 19.4 Å². The Morgan fingerprint density at radius 2 is 2.15 bits per heavy atom. The molecule has 0 bridgehead atoms. The zero-order chi connectivity index (χ0) is 13.9. The predicted octanol–water partition coefficient (Wildman–Crippen LogP) is 3.07. The maximum Gasteiger partial charge on any atom is 0.165 e. The van der Waals surface area contributed by atoms with Gasteiger partial charge in [0.2, 0.25) is 0 Å². The van der Waals surface area contributed by atoms with Crippen LogP contribution in [0.3, 0.4) is 0 Å². The molecule has 20 heavy (non-hydrogen) atoms. The Kier molecular flexibility index (Phi) is 3.70. The highest BCUT2D eigenvalue weighted by molar-refractivity contribution is 5.41. The van der Waals surface area contributed by atoms with E-state index < -0.39 is 0 Å². The second-order valence-corrected chi connectivity index (χ2v) is 5.13. The molecule has 0 saturated heterocycles. The molecule has 1 aliphatic heterocycles. The van der Waals surface area contributed by atoms with Crippen molar-refractivity contribution in [3.8, 4) is 5.75 Å². The summed E-state index contributed by atoms with van der Waals surface area (Å²) in [5.74, 6) is -0.00145. The molecule has 0 atom stereocenters. The highest BCUT2D eigenvalue weighted by atomic mass is 19.1. The van der Waals surface area contributed by atoms with Crippen molar-refractivity contribution in [2.45, 2.75) is 19.4 Å². The van der Waals surface area contributed by atoms with Crippen LogP contribution in [0.2, 0.25) is 0 Å². The van der Waals surface area contributed by atoms with Gasteiger partial charge in [0.25, 0.3) is 0 Å². The van der Waals surface area contributed by atoms with Gasteiger partial charge in [-0.2, -0.15) is 0 Å². The molecule has 1 N–H and O–H groups in total. The molecule has 1 heterocycles. The molecule has 2 nitrogen and oxygen atoms in total. The Morgan fingerprint density at radius 3 is 2.95 bits per heavy atom. The molecular formula is C17H18FNO. The third kappa shape index (κ3) is 2.54. The summed E-state index contributed by atoms with van der Waals surface area (Å²) in [6.45, 7) is 1.94. The third-order valence-electron chi connectivity index (χ3n) is 3.85. The monoisotopic (exact) mass is 271 g/mol. The van der Waals surface area contributed by atoms with Crippen LogP contribution in [0.1, 0.15) is 22.3 Å². The molecule has 0 amide bonds. The molecule has 2 aromatic rings. The second-order valence-electron chi connectivity index (χ2n) is 5.13. The number of rotatable bonds is 3. The molecule has 0 saturated carbocycles. The van der Waals surface area contributed by atoms with Gasteiger partial charge in [0.15, 0.2) is 11.6 Å². The Hall–Kier alpha value is -1.87. The maximum atomic E-state index is 13.8. The third-order valence-corrected chi connectivity index (χ3v) is 3.85. The lowest BCUT2D eigenvalue weighted by Gasteiger charge is -2.20. The van der Waals surface area contributed by atoms with Crippen molar-refractivity contribution >= 4 is 0 Å². The quantitative estimate of drug-likeness (QED) is 0.926. The molecule has 2 aromatic carbocycles. The fraction of sp³-hybridized carbons (Fsp3) is 0.294. The molecule has 0 spiro atoms. The molecule has 1 aliphatic rings. The smallest absolute Gasteiger partial charge is 0.165 e. The standard InChI is InChI=1S/C17H18FNO/c1-20-17-6-5-12(10-16(17)18)9-14-4-2-3-13-7-8-19-11-15(13)14/h2-6,10,19H,7-9,11H2,1H3. The van der Waals surface area contributed by atoms with Crippen LogP contribution in [0, 0.1) is 5.82 Å². The number of hydrogen-bond acceptors (Lipinski definition) is 2. The molecule has 0 aromatic heterocycles. The minimum Gasteiger partial charge on any atom is -0.494 e. The minimum atomic E-state index is -0.298. The second kappa shape index (κ2) is 5.63. The van der Waals surface area contributed by atoms with E-state index >= 15 is 0 Å². The number of benzene rings is 2. The lowest BCUT2D eigenvalue weighted by molar-refractivity contribution is 0.386. The van der Waals surface area contributed by atoms with Crippen LogP contribution in [-0.4, -0.2) is 13.7 Å². The molecule has 0 fully saturated rings. The summed E-state index contributed by atoms with van der Waals surface area (Å²) < 4.78 is 18.7. The number of methoxy groups -OCH3 is 1. The highest BCUT2D eigenvalue weighted by Gasteiger charge is 2.13. The van der Waals surface area contributed by atoms with E-state index in [-0.39, 0.29) is 5.82 Å². The Bertz CT molecular complexity index is 624. The Balaban J connectivity index is 1.90. The molecule has 0 unspecified atom stereocenters. The first-order chi connectivity index (χ1) is 9.78. The van der Waals surface area contributed by atoms with Gasteiger partial charge in [0, 0.05) is 6.54 Å². The number of nitrogens with one attached hydrogen (secondary N) is 1. The van der Waals surface area contributed by atoms with E-state index in [1.54, 1.807) is 12.1 Å². The molecule has 3 heteroatoms. The van der Waals surface area contributed by atoms with Crippen molar-refractivity contribution in [3.05, 3.63) is 64.5 Å². The van der Waals surface area contributed by atoms with E-state index in [0.29, 0.717) is 5.75 Å². The number of ether oxygens (including phenoxy) is 1. The largest absolute Gasteiger partial charge is 0.494 e. The number of hydrogen-bond donors (Lipinski definition) is 1. The van der Waals surface area contributed by atoms with E-state index in [9.17, 15) is 4.39 Å².